The van der Waals surface area contributed by atoms with Crippen LogP contribution in [0.2, 0.25) is 0 Å². The lowest BCUT2D eigenvalue weighted by Crippen LogP contribution is -2.42. The molecule has 0 fully saturated rings. The van der Waals surface area contributed by atoms with Crippen molar-refractivity contribution < 1.29 is 9.90 Å². The Morgan fingerprint density at radius 1 is 1.22 bits per heavy atom. The van der Waals surface area contributed by atoms with Crippen molar-refractivity contribution >= 4 is 5.91 Å². The molecule has 0 heterocycles. The Morgan fingerprint density at radius 3 is 2.22 bits per heavy atom. The summed E-state index contributed by atoms with van der Waals surface area (Å²) in [5, 5.41) is 9.43. The summed E-state index contributed by atoms with van der Waals surface area (Å²) >= 11 is 0. The lowest BCUT2D eigenvalue weighted by Gasteiger charge is -2.28. The molecule has 1 amide bonds. The highest BCUT2D eigenvalue weighted by Crippen LogP contribution is 2.08. The second kappa shape index (κ2) is 6.55. The molecular formula is C15H23NO2. The molecule has 0 aromatic heterocycles. The van der Waals surface area contributed by atoms with Crippen LogP contribution in [0.25, 0.3) is 0 Å². The van der Waals surface area contributed by atoms with Gasteiger partial charge in [0.05, 0.1) is 12.5 Å². The summed E-state index contributed by atoms with van der Waals surface area (Å²) in [6.45, 7) is 8.06. The molecule has 1 aromatic carbocycles. The smallest absolute Gasteiger partial charge is 0.227 e. The summed E-state index contributed by atoms with van der Waals surface area (Å²) in [6, 6.07) is 8.09. The predicted octanol–water partition coefficient (Wildman–Crippen LogP) is 2.16. The summed E-state index contributed by atoms with van der Waals surface area (Å²) in [5.74, 6) is 0.0646. The van der Waals surface area contributed by atoms with E-state index in [0.29, 0.717) is 13.0 Å². The molecule has 0 saturated carbocycles. The summed E-state index contributed by atoms with van der Waals surface area (Å²) in [4.78, 5) is 13.9. The van der Waals surface area contributed by atoms with Gasteiger partial charge in [-0.2, -0.15) is 0 Å². The maximum atomic E-state index is 12.2. The molecule has 0 aliphatic rings. The molecule has 18 heavy (non-hydrogen) atoms. The van der Waals surface area contributed by atoms with Gasteiger partial charge < -0.3 is 10.0 Å². The maximum absolute atomic E-state index is 12.2. The molecule has 0 radical (unpaired) electrons. The summed E-state index contributed by atoms with van der Waals surface area (Å²) in [5.41, 5.74) is 2.21. The number of hydrogen-bond acceptors (Lipinski definition) is 2. The van der Waals surface area contributed by atoms with E-state index >= 15 is 0 Å². The monoisotopic (exact) mass is 249 g/mol. The maximum Gasteiger partial charge on any atom is 0.227 e. The van der Waals surface area contributed by atoms with E-state index in [9.17, 15) is 9.90 Å². The average molecular weight is 249 g/mol. The van der Waals surface area contributed by atoms with E-state index in [1.165, 1.54) is 5.56 Å². The van der Waals surface area contributed by atoms with Gasteiger partial charge in [-0.05, 0) is 33.3 Å². The first-order valence-corrected chi connectivity index (χ1v) is 6.43. The molecule has 100 valence electrons. The first-order valence-electron chi connectivity index (χ1n) is 6.43. The van der Waals surface area contributed by atoms with Crippen LogP contribution in [-0.4, -0.2) is 34.6 Å². The van der Waals surface area contributed by atoms with Gasteiger partial charge in [0.15, 0.2) is 0 Å². The van der Waals surface area contributed by atoms with E-state index in [1.54, 1.807) is 11.8 Å². The van der Waals surface area contributed by atoms with Gasteiger partial charge in [0.25, 0.3) is 0 Å². The number of aliphatic hydroxyl groups excluding tert-OH is 1. The number of aryl methyl sites for hydroxylation is 1. The number of aliphatic hydroxyl groups is 1. The average Bonchev–Trinajstić information content (AvgIpc) is 2.28. The predicted molar refractivity (Wildman–Crippen MR) is 73.4 cm³/mol. The SMILES string of the molecule is Cc1ccc(CC(=O)N(CC(C)O)C(C)C)cc1. The number of carbonyl (C=O) groups is 1. The largest absolute Gasteiger partial charge is 0.392 e. The van der Waals surface area contributed by atoms with Crippen molar-refractivity contribution in [3.63, 3.8) is 0 Å². The van der Waals surface area contributed by atoms with E-state index < -0.39 is 6.10 Å². The Balaban J connectivity index is 2.69. The summed E-state index contributed by atoms with van der Waals surface area (Å²) in [6.07, 6.45) is -0.0973. The molecule has 0 aliphatic carbocycles. The second-order valence-electron chi connectivity index (χ2n) is 5.15. The number of benzene rings is 1. The van der Waals surface area contributed by atoms with Crippen LogP contribution in [0.1, 0.15) is 31.9 Å². The minimum atomic E-state index is -0.491. The fraction of sp³-hybridized carbons (Fsp3) is 0.533. The molecule has 3 heteroatoms. The zero-order valence-corrected chi connectivity index (χ0v) is 11.7. The third kappa shape index (κ3) is 4.49. The van der Waals surface area contributed by atoms with E-state index in [1.807, 2.05) is 45.0 Å². The normalized spacial score (nSPS) is 12.6. The van der Waals surface area contributed by atoms with Crippen molar-refractivity contribution in [2.75, 3.05) is 6.54 Å². The van der Waals surface area contributed by atoms with Gasteiger partial charge in [-0.1, -0.05) is 29.8 Å². The van der Waals surface area contributed by atoms with Crippen LogP contribution >= 0.6 is 0 Å². The molecule has 1 rings (SSSR count). The minimum Gasteiger partial charge on any atom is -0.392 e. The van der Waals surface area contributed by atoms with Crippen LogP contribution in [0.3, 0.4) is 0 Å². The molecule has 1 atom stereocenters. The van der Waals surface area contributed by atoms with Crippen molar-refractivity contribution in [2.24, 2.45) is 0 Å². The molecule has 3 nitrogen and oxygen atoms in total. The van der Waals surface area contributed by atoms with Crippen LogP contribution in [0, 0.1) is 6.92 Å². The van der Waals surface area contributed by atoms with E-state index in [2.05, 4.69) is 0 Å². The Morgan fingerprint density at radius 2 is 1.78 bits per heavy atom. The van der Waals surface area contributed by atoms with Crippen molar-refractivity contribution in [3.8, 4) is 0 Å². The fourth-order valence-electron chi connectivity index (χ4n) is 1.87. The standard InChI is InChI=1S/C15H23NO2/c1-11(2)16(10-13(4)17)15(18)9-14-7-5-12(3)6-8-14/h5-8,11,13,17H,9-10H2,1-4H3. The summed E-state index contributed by atoms with van der Waals surface area (Å²) < 4.78 is 0. The highest BCUT2D eigenvalue weighted by Gasteiger charge is 2.18. The van der Waals surface area contributed by atoms with Gasteiger partial charge >= 0.3 is 0 Å². The number of rotatable bonds is 5. The lowest BCUT2D eigenvalue weighted by atomic mass is 10.1. The van der Waals surface area contributed by atoms with Gasteiger partial charge in [0.2, 0.25) is 5.91 Å². The van der Waals surface area contributed by atoms with Crippen LogP contribution < -0.4 is 0 Å². The van der Waals surface area contributed by atoms with Crippen LogP contribution in [0.4, 0.5) is 0 Å². The Kier molecular flexibility index (Phi) is 5.35. The number of amides is 1. The molecular weight excluding hydrogens is 226 g/mol. The first kappa shape index (κ1) is 14.7. The third-order valence-corrected chi connectivity index (χ3v) is 2.88. The minimum absolute atomic E-state index is 0.0646. The number of carbonyl (C=O) groups excluding carboxylic acids is 1. The zero-order valence-electron chi connectivity index (χ0n) is 11.7. The molecule has 1 N–H and O–H groups in total. The molecule has 1 aromatic rings. The quantitative estimate of drug-likeness (QED) is 0.868. The van der Waals surface area contributed by atoms with Crippen LogP contribution in [0.5, 0.6) is 0 Å². The van der Waals surface area contributed by atoms with Crippen LogP contribution in [0.15, 0.2) is 24.3 Å². The van der Waals surface area contributed by atoms with Crippen molar-refractivity contribution in [1.29, 1.82) is 0 Å². The topological polar surface area (TPSA) is 40.5 Å². The van der Waals surface area contributed by atoms with Gasteiger partial charge in [-0.25, -0.2) is 0 Å². The molecule has 0 spiro atoms. The zero-order chi connectivity index (χ0) is 13.7. The Bertz CT molecular complexity index is 382. The van der Waals surface area contributed by atoms with Gasteiger partial charge in [0.1, 0.15) is 0 Å². The van der Waals surface area contributed by atoms with Crippen molar-refractivity contribution in [3.05, 3.63) is 35.4 Å². The van der Waals surface area contributed by atoms with Crippen LogP contribution in [-0.2, 0) is 11.2 Å². The van der Waals surface area contributed by atoms with E-state index in [4.69, 9.17) is 0 Å². The second-order valence-corrected chi connectivity index (χ2v) is 5.15. The Labute approximate surface area is 109 Å². The van der Waals surface area contributed by atoms with Gasteiger partial charge in [-0.15, -0.1) is 0 Å². The van der Waals surface area contributed by atoms with Gasteiger partial charge in [0, 0.05) is 12.6 Å². The molecule has 0 bridgehead atoms. The molecule has 0 aliphatic heterocycles. The molecule has 1 unspecified atom stereocenters. The third-order valence-electron chi connectivity index (χ3n) is 2.88. The first-order chi connectivity index (χ1) is 8.40. The highest BCUT2D eigenvalue weighted by atomic mass is 16.3. The van der Waals surface area contributed by atoms with Crippen molar-refractivity contribution in [1.82, 2.24) is 4.90 Å². The van der Waals surface area contributed by atoms with E-state index in [0.717, 1.165) is 5.56 Å². The van der Waals surface area contributed by atoms with Crippen molar-refractivity contribution in [2.45, 2.75) is 46.3 Å². The number of nitrogens with zero attached hydrogens (tertiary/aromatic N) is 1. The highest BCUT2D eigenvalue weighted by molar-refractivity contribution is 5.79. The number of hydrogen-bond donors (Lipinski definition) is 1. The fourth-order valence-corrected chi connectivity index (χ4v) is 1.87. The molecule has 0 saturated heterocycles. The van der Waals surface area contributed by atoms with E-state index in [-0.39, 0.29) is 11.9 Å². The Hall–Kier alpha value is -1.35. The van der Waals surface area contributed by atoms with Gasteiger partial charge in [-0.3, -0.25) is 4.79 Å². The lowest BCUT2D eigenvalue weighted by molar-refractivity contribution is -0.133. The summed E-state index contributed by atoms with van der Waals surface area (Å²) in [7, 11) is 0.